The molecule has 0 spiro atoms. The molecular weight excluding hydrogens is 196 g/mol. The number of carbonyl (C=O) groups is 1. The lowest BCUT2D eigenvalue weighted by atomic mass is 9.95. The van der Waals surface area contributed by atoms with Crippen molar-refractivity contribution in [3.05, 3.63) is 0 Å². The summed E-state index contributed by atoms with van der Waals surface area (Å²) in [6, 6.07) is 0. The van der Waals surface area contributed by atoms with Crippen molar-refractivity contribution in [3.8, 4) is 0 Å². The normalized spacial score (nSPS) is 43.0. The van der Waals surface area contributed by atoms with E-state index >= 15 is 0 Å². The molecule has 14 heavy (non-hydrogen) atoms. The van der Waals surface area contributed by atoms with Crippen molar-refractivity contribution in [3.63, 3.8) is 0 Å². The number of ketones is 1. The molecule has 2 heterocycles. The maximum atomic E-state index is 12.2. The summed E-state index contributed by atoms with van der Waals surface area (Å²) in [5.41, 5.74) is 0. The van der Waals surface area contributed by atoms with Crippen LogP contribution in [0.4, 0.5) is 0 Å². The summed E-state index contributed by atoms with van der Waals surface area (Å²) in [4.78, 5) is 12.2. The van der Waals surface area contributed by atoms with Crippen LogP contribution in [-0.2, 0) is 9.53 Å². The first kappa shape index (κ1) is 10.5. The van der Waals surface area contributed by atoms with Gasteiger partial charge in [0.15, 0.2) is 5.78 Å². The Labute approximate surface area is 89.8 Å². The first-order chi connectivity index (χ1) is 6.62. The van der Waals surface area contributed by atoms with Gasteiger partial charge >= 0.3 is 0 Å². The van der Waals surface area contributed by atoms with Gasteiger partial charge in [-0.1, -0.05) is 0 Å². The highest BCUT2D eigenvalue weighted by Crippen LogP contribution is 2.41. The topological polar surface area (TPSA) is 26.3 Å². The van der Waals surface area contributed by atoms with Crippen molar-refractivity contribution >= 4 is 17.5 Å². The number of carbonyl (C=O) groups excluding carboxylic acids is 1. The molecule has 2 aliphatic rings. The van der Waals surface area contributed by atoms with Gasteiger partial charge in [-0.2, -0.15) is 0 Å². The van der Waals surface area contributed by atoms with Gasteiger partial charge in [-0.3, -0.25) is 4.79 Å². The zero-order chi connectivity index (χ0) is 10.2. The third-order valence-electron chi connectivity index (χ3n) is 3.26. The summed E-state index contributed by atoms with van der Waals surface area (Å²) in [5, 5.41) is 0. The van der Waals surface area contributed by atoms with Gasteiger partial charge in [0.2, 0.25) is 0 Å². The zero-order valence-corrected chi connectivity index (χ0v) is 9.73. The molecule has 2 fully saturated rings. The Morgan fingerprint density at radius 1 is 1.50 bits per heavy atom. The van der Waals surface area contributed by atoms with E-state index in [1.54, 1.807) is 0 Å². The molecule has 0 aliphatic carbocycles. The van der Waals surface area contributed by atoms with Crippen LogP contribution in [0.15, 0.2) is 0 Å². The molecule has 3 heteroatoms. The second-order valence-electron chi connectivity index (χ2n) is 4.56. The molecule has 0 aromatic rings. The highest BCUT2D eigenvalue weighted by molar-refractivity contribution is 8.01. The Bertz CT molecular complexity index is 233. The van der Waals surface area contributed by atoms with Crippen molar-refractivity contribution < 1.29 is 9.53 Å². The molecule has 2 aliphatic heterocycles. The molecule has 0 amide bonds. The number of Topliss-reactive ketones (excluding diaryl/α,β-unsaturated/α-hetero) is 1. The van der Waals surface area contributed by atoms with E-state index in [4.69, 9.17) is 4.74 Å². The third-order valence-corrected chi connectivity index (χ3v) is 4.80. The van der Waals surface area contributed by atoms with Gasteiger partial charge in [0.1, 0.15) is 6.10 Å². The van der Waals surface area contributed by atoms with Gasteiger partial charge in [0, 0.05) is 0 Å². The predicted molar refractivity (Wildman–Crippen MR) is 58.7 cm³/mol. The molecule has 0 radical (unpaired) electrons. The second kappa shape index (κ2) is 3.86. The Hall–Kier alpha value is -0.0200. The second-order valence-corrected chi connectivity index (χ2v) is 6.16. The number of ether oxygens (including phenoxy) is 1. The maximum Gasteiger partial charge on any atom is 0.177 e. The van der Waals surface area contributed by atoms with Crippen molar-refractivity contribution in [1.82, 2.24) is 0 Å². The van der Waals surface area contributed by atoms with Crippen LogP contribution in [0.2, 0.25) is 0 Å². The smallest absolute Gasteiger partial charge is 0.177 e. The lowest BCUT2D eigenvalue weighted by Crippen LogP contribution is -2.38. The number of hydrogen-bond donors (Lipinski definition) is 0. The largest absolute Gasteiger partial charge is 0.367 e. The van der Waals surface area contributed by atoms with Gasteiger partial charge in [-0.25, -0.2) is 0 Å². The van der Waals surface area contributed by atoms with Gasteiger partial charge < -0.3 is 4.74 Å². The Balaban J connectivity index is 2.00. The molecule has 0 bridgehead atoms. The van der Waals surface area contributed by atoms with Crippen LogP contribution in [-0.4, -0.2) is 28.5 Å². The monoisotopic (exact) mass is 214 g/mol. The molecule has 3 unspecified atom stereocenters. The van der Waals surface area contributed by atoms with E-state index in [0.717, 1.165) is 25.0 Å². The van der Waals surface area contributed by atoms with Crippen molar-refractivity contribution in [2.24, 2.45) is 0 Å². The van der Waals surface area contributed by atoms with Crippen LogP contribution in [0.5, 0.6) is 0 Å². The van der Waals surface area contributed by atoms with Gasteiger partial charge in [0.05, 0.1) is 10.9 Å². The number of thioether (sulfide) groups is 1. The van der Waals surface area contributed by atoms with E-state index in [0.29, 0.717) is 5.78 Å². The first-order valence-corrected chi connectivity index (χ1v) is 6.44. The summed E-state index contributed by atoms with van der Waals surface area (Å²) >= 11 is 1.81. The zero-order valence-electron chi connectivity index (χ0n) is 8.91. The molecule has 2 nitrogen and oxygen atoms in total. The van der Waals surface area contributed by atoms with E-state index in [9.17, 15) is 4.79 Å². The van der Waals surface area contributed by atoms with E-state index in [1.807, 2.05) is 11.8 Å². The predicted octanol–water partition coefficient (Wildman–Crippen LogP) is 2.41. The van der Waals surface area contributed by atoms with Crippen LogP contribution in [0.1, 0.15) is 39.5 Å². The molecule has 0 aromatic heterocycles. The molecule has 0 N–H and O–H groups in total. The average Bonchev–Trinajstić information content (AvgIpc) is 2.74. The van der Waals surface area contributed by atoms with Crippen LogP contribution in [0.3, 0.4) is 0 Å². The molecule has 80 valence electrons. The standard InChI is InChI=1S/C11H18O2S/c1-8-4-5-9(13-8)10(12)11(2)6-3-7-14-11/h8-9H,3-7H2,1-2H3. The first-order valence-electron chi connectivity index (χ1n) is 5.45. The van der Waals surface area contributed by atoms with Crippen LogP contribution in [0, 0.1) is 0 Å². The average molecular weight is 214 g/mol. The third kappa shape index (κ3) is 1.84. The maximum absolute atomic E-state index is 12.2. The lowest BCUT2D eigenvalue weighted by Gasteiger charge is -2.24. The van der Waals surface area contributed by atoms with E-state index in [1.165, 1.54) is 6.42 Å². The van der Waals surface area contributed by atoms with Crippen LogP contribution >= 0.6 is 11.8 Å². The molecule has 0 saturated carbocycles. The minimum Gasteiger partial charge on any atom is -0.367 e. The van der Waals surface area contributed by atoms with Crippen molar-refractivity contribution in [2.75, 3.05) is 5.75 Å². The molecular formula is C11H18O2S. The number of hydrogen-bond acceptors (Lipinski definition) is 3. The minimum absolute atomic E-state index is 0.111. The fourth-order valence-corrected chi connectivity index (χ4v) is 3.61. The SMILES string of the molecule is CC1CCC(C(=O)C2(C)CCCS2)O1. The Morgan fingerprint density at radius 3 is 2.79 bits per heavy atom. The summed E-state index contributed by atoms with van der Waals surface area (Å²) in [6.45, 7) is 4.14. The van der Waals surface area contributed by atoms with Gasteiger partial charge in [0.25, 0.3) is 0 Å². The highest BCUT2D eigenvalue weighted by atomic mass is 32.2. The van der Waals surface area contributed by atoms with Crippen molar-refractivity contribution in [2.45, 2.75) is 56.5 Å². The highest BCUT2D eigenvalue weighted by Gasteiger charge is 2.43. The fraction of sp³-hybridized carbons (Fsp3) is 0.909. The fourth-order valence-electron chi connectivity index (χ4n) is 2.31. The Kier molecular flexibility index (Phi) is 2.89. The summed E-state index contributed by atoms with van der Waals surface area (Å²) in [6.07, 6.45) is 4.34. The lowest BCUT2D eigenvalue weighted by molar-refractivity contribution is -0.131. The van der Waals surface area contributed by atoms with E-state index in [-0.39, 0.29) is 17.0 Å². The quantitative estimate of drug-likeness (QED) is 0.706. The van der Waals surface area contributed by atoms with Crippen molar-refractivity contribution in [1.29, 1.82) is 0 Å². The molecule has 2 saturated heterocycles. The van der Waals surface area contributed by atoms with E-state index in [2.05, 4.69) is 13.8 Å². The molecule has 3 atom stereocenters. The number of rotatable bonds is 2. The van der Waals surface area contributed by atoms with Gasteiger partial charge in [-0.05, 0) is 45.3 Å². The van der Waals surface area contributed by atoms with Crippen LogP contribution in [0.25, 0.3) is 0 Å². The van der Waals surface area contributed by atoms with Crippen LogP contribution < -0.4 is 0 Å². The Morgan fingerprint density at radius 2 is 2.29 bits per heavy atom. The summed E-state index contributed by atoms with van der Waals surface area (Å²) in [5.74, 6) is 1.47. The summed E-state index contributed by atoms with van der Waals surface area (Å²) < 4.78 is 5.49. The van der Waals surface area contributed by atoms with E-state index < -0.39 is 0 Å². The molecule has 2 rings (SSSR count). The van der Waals surface area contributed by atoms with Gasteiger partial charge in [-0.15, -0.1) is 11.8 Å². The minimum atomic E-state index is -0.144. The molecule has 0 aromatic carbocycles. The summed E-state index contributed by atoms with van der Waals surface area (Å²) in [7, 11) is 0.